The van der Waals surface area contributed by atoms with Crippen LogP contribution in [0.1, 0.15) is 44.1 Å². The summed E-state index contributed by atoms with van der Waals surface area (Å²) in [6.45, 7) is 2.93. The van der Waals surface area contributed by atoms with Gasteiger partial charge in [0.1, 0.15) is 0 Å². The van der Waals surface area contributed by atoms with E-state index in [0.29, 0.717) is 50.3 Å². The van der Waals surface area contributed by atoms with E-state index in [2.05, 4.69) is 0 Å². The summed E-state index contributed by atoms with van der Waals surface area (Å²) in [6, 6.07) is 5.12. The number of sulfonamides is 1. The van der Waals surface area contributed by atoms with E-state index >= 15 is 0 Å². The van der Waals surface area contributed by atoms with Crippen LogP contribution in [-0.2, 0) is 26.0 Å². The molecule has 1 aromatic carbocycles. The number of carbonyl (C=O) groups is 2. The predicted molar refractivity (Wildman–Crippen MR) is 106 cm³/mol. The van der Waals surface area contributed by atoms with E-state index in [-0.39, 0.29) is 11.8 Å². The highest BCUT2D eigenvalue weighted by molar-refractivity contribution is 7.89. The van der Waals surface area contributed by atoms with Crippen LogP contribution in [0.3, 0.4) is 0 Å². The van der Waals surface area contributed by atoms with Crippen molar-refractivity contribution < 1.29 is 18.0 Å². The number of carbonyl (C=O) groups excluding carboxylic acids is 2. The predicted octanol–water partition coefficient (Wildman–Crippen LogP) is 1.76. The number of anilines is 1. The molecule has 2 fully saturated rings. The maximum absolute atomic E-state index is 12.9. The Kier molecular flexibility index (Phi) is 5.42. The summed E-state index contributed by atoms with van der Waals surface area (Å²) in [4.78, 5) is 28.2. The summed E-state index contributed by atoms with van der Waals surface area (Å²) in [6.07, 6.45) is 5.31. The van der Waals surface area contributed by atoms with Crippen molar-refractivity contribution in [2.24, 2.45) is 0 Å². The van der Waals surface area contributed by atoms with Crippen LogP contribution < -0.4 is 4.90 Å². The molecule has 3 aliphatic heterocycles. The van der Waals surface area contributed by atoms with E-state index in [9.17, 15) is 18.0 Å². The summed E-state index contributed by atoms with van der Waals surface area (Å²) in [5, 5.41) is 0. The lowest BCUT2D eigenvalue weighted by Crippen LogP contribution is -2.35. The molecule has 0 spiro atoms. The summed E-state index contributed by atoms with van der Waals surface area (Å²) in [7, 11) is -3.46. The van der Waals surface area contributed by atoms with Gasteiger partial charge in [0.25, 0.3) is 0 Å². The van der Waals surface area contributed by atoms with E-state index in [1.165, 1.54) is 0 Å². The Morgan fingerprint density at radius 2 is 1.75 bits per heavy atom. The molecule has 8 heteroatoms. The van der Waals surface area contributed by atoms with E-state index in [4.69, 9.17) is 0 Å². The van der Waals surface area contributed by atoms with Crippen molar-refractivity contribution in [1.29, 1.82) is 0 Å². The highest BCUT2D eigenvalue weighted by atomic mass is 32.2. The van der Waals surface area contributed by atoms with Gasteiger partial charge in [0.15, 0.2) is 0 Å². The number of hydrogen-bond donors (Lipinski definition) is 0. The molecule has 2 saturated heterocycles. The third-order valence-corrected chi connectivity index (χ3v) is 7.86. The first-order chi connectivity index (χ1) is 13.5. The number of rotatable bonds is 5. The highest BCUT2D eigenvalue weighted by Gasteiger charge is 2.30. The van der Waals surface area contributed by atoms with Crippen molar-refractivity contribution in [3.05, 3.63) is 23.8 Å². The first-order valence-corrected chi connectivity index (χ1v) is 11.6. The third kappa shape index (κ3) is 3.67. The molecule has 0 aliphatic carbocycles. The van der Waals surface area contributed by atoms with Crippen molar-refractivity contribution in [3.63, 3.8) is 0 Å². The van der Waals surface area contributed by atoms with Gasteiger partial charge in [0.05, 0.1) is 4.90 Å². The first-order valence-electron chi connectivity index (χ1n) is 10.2. The van der Waals surface area contributed by atoms with E-state index < -0.39 is 10.0 Å². The molecule has 3 heterocycles. The minimum absolute atomic E-state index is 0.00918. The van der Waals surface area contributed by atoms with E-state index in [1.54, 1.807) is 32.3 Å². The fourth-order valence-electron chi connectivity index (χ4n) is 4.36. The van der Waals surface area contributed by atoms with Crippen LogP contribution in [0.15, 0.2) is 23.1 Å². The van der Waals surface area contributed by atoms with Crippen LogP contribution in [0.4, 0.5) is 5.69 Å². The van der Waals surface area contributed by atoms with Gasteiger partial charge in [-0.2, -0.15) is 4.31 Å². The van der Waals surface area contributed by atoms with Crippen LogP contribution in [-0.4, -0.2) is 62.2 Å². The number of piperidine rings is 1. The number of nitrogens with zero attached hydrogens (tertiary/aromatic N) is 3. The van der Waals surface area contributed by atoms with Crippen molar-refractivity contribution in [1.82, 2.24) is 9.21 Å². The summed E-state index contributed by atoms with van der Waals surface area (Å²) in [5.74, 6) is 0.118. The number of hydrogen-bond acceptors (Lipinski definition) is 4. The second kappa shape index (κ2) is 7.83. The lowest BCUT2D eigenvalue weighted by molar-refractivity contribution is -0.128. The monoisotopic (exact) mass is 405 g/mol. The van der Waals surface area contributed by atoms with Gasteiger partial charge in [-0.3, -0.25) is 9.59 Å². The first kappa shape index (κ1) is 19.4. The molecule has 0 bridgehead atoms. The molecule has 4 rings (SSSR count). The van der Waals surface area contributed by atoms with Crippen LogP contribution in [0.5, 0.6) is 0 Å². The average Bonchev–Trinajstić information content (AvgIpc) is 3.32. The Balaban J connectivity index is 1.45. The van der Waals surface area contributed by atoms with Crippen molar-refractivity contribution >= 4 is 27.5 Å². The Labute approximate surface area is 166 Å². The molecule has 0 saturated carbocycles. The third-order valence-electron chi connectivity index (χ3n) is 5.97. The fourth-order valence-corrected chi connectivity index (χ4v) is 5.93. The van der Waals surface area contributed by atoms with Crippen LogP contribution in [0.2, 0.25) is 0 Å². The SMILES string of the molecule is O=C1CCCN1CCC(=O)N1CCc2cc(S(=O)(=O)N3CCCCC3)ccc21. The quantitative estimate of drug-likeness (QED) is 0.748. The standard InChI is InChI=1S/C20H27N3O4S/c24-19-5-4-10-21(19)13-9-20(25)23-14-8-16-15-17(6-7-18(16)23)28(26,27)22-11-2-1-3-12-22/h6-7,15H,1-5,8-14H2. The van der Waals surface area contributed by atoms with Gasteiger partial charge in [-0.1, -0.05) is 6.42 Å². The topological polar surface area (TPSA) is 78.0 Å². The van der Waals surface area contributed by atoms with E-state index in [0.717, 1.165) is 43.5 Å². The Hall–Kier alpha value is -1.93. The molecular formula is C20H27N3O4S. The van der Waals surface area contributed by atoms with Crippen molar-refractivity contribution in [2.75, 3.05) is 37.6 Å². The molecule has 0 unspecified atom stereocenters. The lowest BCUT2D eigenvalue weighted by Gasteiger charge is -2.26. The van der Waals surface area contributed by atoms with Crippen LogP contribution in [0.25, 0.3) is 0 Å². The van der Waals surface area contributed by atoms with Gasteiger partial charge in [0, 0.05) is 51.3 Å². The molecule has 3 aliphatic rings. The van der Waals surface area contributed by atoms with Gasteiger partial charge in [-0.25, -0.2) is 8.42 Å². The second-order valence-corrected chi connectivity index (χ2v) is 9.72. The maximum Gasteiger partial charge on any atom is 0.243 e. The fraction of sp³-hybridized carbons (Fsp3) is 0.600. The number of fused-ring (bicyclic) bond motifs is 1. The largest absolute Gasteiger partial charge is 0.342 e. The Morgan fingerprint density at radius 1 is 0.964 bits per heavy atom. The molecule has 2 amide bonds. The van der Waals surface area contributed by atoms with Crippen molar-refractivity contribution in [3.8, 4) is 0 Å². The van der Waals surface area contributed by atoms with Crippen LogP contribution in [0, 0.1) is 0 Å². The van der Waals surface area contributed by atoms with Gasteiger partial charge >= 0.3 is 0 Å². The molecular weight excluding hydrogens is 378 g/mol. The number of benzene rings is 1. The molecule has 0 N–H and O–H groups in total. The van der Waals surface area contributed by atoms with E-state index in [1.807, 2.05) is 0 Å². The minimum Gasteiger partial charge on any atom is -0.342 e. The zero-order valence-corrected chi connectivity index (χ0v) is 16.9. The minimum atomic E-state index is -3.46. The summed E-state index contributed by atoms with van der Waals surface area (Å²) < 4.78 is 27.4. The number of amides is 2. The van der Waals surface area contributed by atoms with Crippen LogP contribution >= 0.6 is 0 Å². The zero-order chi connectivity index (χ0) is 19.7. The molecule has 0 aromatic heterocycles. The van der Waals surface area contributed by atoms with Gasteiger partial charge < -0.3 is 9.80 Å². The normalized spacial score (nSPS) is 20.6. The number of likely N-dealkylation sites (tertiary alicyclic amines) is 1. The molecule has 0 atom stereocenters. The lowest BCUT2D eigenvalue weighted by atomic mass is 10.2. The van der Waals surface area contributed by atoms with Gasteiger partial charge in [-0.05, 0) is 49.4 Å². The second-order valence-electron chi connectivity index (χ2n) is 7.78. The zero-order valence-electron chi connectivity index (χ0n) is 16.1. The maximum atomic E-state index is 12.9. The highest BCUT2D eigenvalue weighted by Crippen LogP contribution is 2.32. The average molecular weight is 406 g/mol. The molecule has 28 heavy (non-hydrogen) atoms. The van der Waals surface area contributed by atoms with Crippen molar-refractivity contribution in [2.45, 2.75) is 49.8 Å². The Bertz CT molecular complexity index is 877. The van der Waals surface area contributed by atoms with Gasteiger partial charge in [-0.15, -0.1) is 0 Å². The molecule has 152 valence electrons. The molecule has 1 aromatic rings. The summed E-state index contributed by atoms with van der Waals surface area (Å²) >= 11 is 0. The summed E-state index contributed by atoms with van der Waals surface area (Å²) in [5.41, 5.74) is 1.71. The Morgan fingerprint density at radius 3 is 2.46 bits per heavy atom. The smallest absolute Gasteiger partial charge is 0.243 e. The molecule has 0 radical (unpaired) electrons. The van der Waals surface area contributed by atoms with Gasteiger partial charge in [0.2, 0.25) is 21.8 Å². The molecule has 7 nitrogen and oxygen atoms in total.